The van der Waals surface area contributed by atoms with E-state index in [9.17, 15) is 4.79 Å². The molecule has 1 atom stereocenters. The Kier molecular flexibility index (Phi) is 4.02. The number of benzene rings is 1. The zero-order valence-corrected chi connectivity index (χ0v) is 11.1. The number of hydrogen-bond acceptors (Lipinski definition) is 3. The van der Waals surface area contributed by atoms with E-state index in [-0.39, 0.29) is 6.04 Å². The summed E-state index contributed by atoms with van der Waals surface area (Å²) >= 11 is 0. The molecule has 2 rings (SSSR count). The fraction of sp³-hybridized carbons (Fsp3) is 0.533. The zero-order valence-electron chi connectivity index (χ0n) is 11.1. The summed E-state index contributed by atoms with van der Waals surface area (Å²) in [5, 5.41) is 0. The second-order valence-electron chi connectivity index (χ2n) is 5.15. The van der Waals surface area contributed by atoms with E-state index in [1.54, 1.807) is 7.11 Å². The molecule has 0 bridgehead atoms. The van der Waals surface area contributed by atoms with Crippen molar-refractivity contribution in [2.75, 3.05) is 7.11 Å². The number of carbonyl (C=O) groups is 1. The van der Waals surface area contributed by atoms with Crippen molar-refractivity contribution in [1.82, 2.24) is 0 Å². The number of Topliss-reactive ketones (excluding diaryl/α,β-unsaturated/α-hetero) is 1. The Balaban J connectivity index is 2.19. The molecule has 0 aromatic heterocycles. The Labute approximate surface area is 108 Å². The number of rotatable bonds is 3. The predicted molar refractivity (Wildman–Crippen MR) is 71.6 cm³/mol. The average molecular weight is 247 g/mol. The topological polar surface area (TPSA) is 52.3 Å². The minimum atomic E-state index is -0.0343. The van der Waals surface area contributed by atoms with Gasteiger partial charge in [-0.25, -0.2) is 0 Å². The Morgan fingerprint density at radius 2 is 2.00 bits per heavy atom. The number of hydrogen-bond donors (Lipinski definition) is 1. The molecule has 0 spiro atoms. The van der Waals surface area contributed by atoms with Gasteiger partial charge in [0, 0.05) is 24.4 Å². The average Bonchev–Trinajstić information content (AvgIpc) is 2.39. The molecule has 0 heterocycles. The van der Waals surface area contributed by atoms with Gasteiger partial charge in [-0.05, 0) is 31.7 Å². The lowest BCUT2D eigenvalue weighted by Gasteiger charge is -2.28. The van der Waals surface area contributed by atoms with Gasteiger partial charge in [-0.2, -0.15) is 0 Å². The first-order valence-electron chi connectivity index (χ1n) is 6.53. The molecule has 1 unspecified atom stereocenters. The van der Waals surface area contributed by atoms with Crippen LogP contribution in [0, 0.1) is 12.8 Å². The van der Waals surface area contributed by atoms with Crippen molar-refractivity contribution in [3.63, 3.8) is 0 Å². The molecule has 2 N–H and O–H groups in total. The van der Waals surface area contributed by atoms with Gasteiger partial charge in [-0.15, -0.1) is 0 Å². The molecule has 1 fully saturated rings. The first-order valence-corrected chi connectivity index (χ1v) is 6.53. The minimum absolute atomic E-state index is 0.0343. The van der Waals surface area contributed by atoms with Crippen LogP contribution in [0.3, 0.4) is 0 Å². The molecule has 1 saturated carbocycles. The van der Waals surface area contributed by atoms with Crippen LogP contribution in [0.1, 0.15) is 42.9 Å². The minimum Gasteiger partial charge on any atom is -0.496 e. The van der Waals surface area contributed by atoms with Gasteiger partial charge < -0.3 is 10.5 Å². The van der Waals surface area contributed by atoms with E-state index in [0.29, 0.717) is 24.5 Å². The number of carbonyl (C=O) groups excluding carboxylic acids is 1. The van der Waals surface area contributed by atoms with Crippen molar-refractivity contribution in [3.05, 3.63) is 29.3 Å². The number of aryl methyl sites for hydroxylation is 1. The second-order valence-corrected chi connectivity index (χ2v) is 5.15. The van der Waals surface area contributed by atoms with Crippen molar-refractivity contribution in [2.45, 2.75) is 38.6 Å². The van der Waals surface area contributed by atoms with Gasteiger partial charge in [0.2, 0.25) is 0 Å². The summed E-state index contributed by atoms with van der Waals surface area (Å²) in [6, 6.07) is 6.06. The van der Waals surface area contributed by atoms with Crippen LogP contribution in [0.4, 0.5) is 0 Å². The maximum Gasteiger partial charge on any atom is 0.132 e. The molecule has 98 valence electrons. The summed E-state index contributed by atoms with van der Waals surface area (Å²) < 4.78 is 5.39. The third-order valence-corrected chi connectivity index (χ3v) is 3.84. The van der Waals surface area contributed by atoms with E-state index in [4.69, 9.17) is 10.5 Å². The highest BCUT2D eigenvalue weighted by Crippen LogP contribution is 2.35. The molecular formula is C15H21NO2. The summed E-state index contributed by atoms with van der Waals surface area (Å²) in [7, 11) is 1.67. The van der Waals surface area contributed by atoms with E-state index in [2.05, 4.69) is 13.0 Å². The third kappa shape index (κ3) is 2.72. The van der Waals surface area contributed by atoms with Crippen molar-refractivity contribution in [2.24, 2.45) is 11.7 Å². The molecular weight excluding hydrogens is 226 g/mol. The lowest BCUT2D eigenvalue weighted by Crippen LogP contribution is -2.26. The van der Waals surface area contributed by atoms with E-state index < -0.39 is 0 Å². The standard InChI is InChI=1S/C15H21NO2/c1-10-3-8-14(18-2)13(9-10)15(16)11-4-6-12(17)7-5-11/h3,8-9,11,15H,4-7,16H2,1-2H3. The Morgan fingerprint density at radius 3 is 2.61 bits per heavy atom. The zero-order chi connectivity index (χ0) is 13.1. The normalized spacial score (nSPS) is 18.7. The number of ether oxygens (including phenoxy) is 1. The van der Waals surface area contributed by atoms with Gasteiger partial charge in [0.1, 0.15) is 11.5 Å². The molecule has 3 heteroatoms. The number of nitrogens with two attached hydrogens (primary N) is 1. The molecule has 1 aromatic carbocycles. The lowest BCUT2D eigenvalue weighted by molar-refractivity contribution is -0.121. The van der Waals surface area contributed by atoms with Crippen LogP contribution in [0.25, 0.3) is 0 Å². The second kappa shape index (κ2) is 5.53. The Bertz CT molecular complexity index is 432. The van der Waals surface area contributed by atoms with Crippen molar-refractivity contribution < 1.29 is 9.53 Å². The summed E-state index contributed by atoms with van der Waals surface area (Å²) in [6.45, 7) is 2.06. The first-order chi connectivity index (χ1) is 8.61. The SMILES string of the molecule is COc1ccc(C)cc1C(N)C1CCC(=O)CC1. The fourth-order valence-corrected chi connectivity index (χ4v) is 2.69. The van der Waals surface area contributed by atoms with Crippen LogP contribution in [-0.4, -0.2) is 12.9 Å². The van der Waals surface area contributed by atoms with Gasteiger partial charge >= 0.3 is 0 Å². The molecule has 1 aliphatic carbocycles. The van der Waals surface area contributed by atoms with Crippen molar-refractivity contribution in [1.29, 1.82) is 0 Å². The van der Waals surface area contributed by atoms with E-state index in [1.807, 2.05) is 12.1 Å². The highest BCUT2D eigenvalue weighted by molar-refractivity contribution is 5.79. The monoisotopic (exact) mass is 247 g/mol. The van der Waals surface area contributed by atoms with Crippen molar-refractivity contribution >= 4 is 5.78 Å². The molecule has 0 saturated heterocycles. The van der Waals surface area contributed by atoms with E-state index in [0.717, 1.165) is 24.2 Å². The van der Waals surface area contributed by atoms with E-state index in [1.165, 1.54) is 5.56 Å². The number of ketones is 1. The summed E-state index contributed by atoms with van der Waals surface area (Å²) in [5.74, 6) is 1.61. The van der Waals surface area contributed by atoms with E-state index >= 15 is 0 Å². The highest BCUT2D eigenvalue weighted by Gasteiger charge is 2.26. The van der Waals surface area contributed by atoms with Gasteiger partial charge in [0.15, 0.2) is 0 Å². The quantitative estimate of drug-likeness (QED) is 0.893. The third-order valence-electron chi connectivity index (χ3n) is 3.84. The largest absolute Gasteiger partial charge is 0.496 e. The lowest BCUT2D eigenvalue weighted by atomic mass is 9.80. The molecule has 0 amide bonds. The Morgan fingerprint density at radius 1 is 1.33 bits per heavy atom. The van der Waals surface area contributed by atoms with Gasteiger partial charge in [-0.1, -0.05) is 17.7 Å². The first kappa shape index (κ1) is 13.1. The molecule has 1 aliphatic rings. The molecule has 3 nitrogen and oxygen atoms in total. The molecule has 0 aliphatic heterocycles. The van der Waals surface area contributed by atoms with Gasteiger partial charge in [0.05, 0.1) is 7.11 Å². The molecule has 0 radical (unpaired) electrons. The van der Waals surface area contributed by atoms with Crippen LogP contribution < -0.4 is 10.5 Å². The Hall–Kier alpha value is -1.35. The van der Waals surface area contributed by atoms with Crippen LogP contribution in [0.15, 0.2) is 18.2 Å². The van der Waals surface area contributed by atoms with Gasteiger partial charge in [0.25, 0.3) is 0 Å². The van der Waals surface area contributed by atoms with Gasteiger partial charge in [-0.3, -0.25) is 4.79 Å². The maximum absolute atomic E-state index is 11.3. The van der Waals surface area contributed by atoms with Crippen molar-refractivity contribution in [3.8, 4) is 5.75 Å². The summed E-state index contributed by atoms with van der Waals surface area (Å²) in [6.07, 6.45) is 3.15. The fourth-order valence-electron chi connectivity index (χ4n) is 2.69. The van der Waals surface area contributed by atoms with Crippen LogP contribution in [-0.2, 0) is 4.79 Å². The van der Waals surface area contributed by atoms with Crippen LogP contribution >= 0.6 is 0 Å². The molecule has 18 heavy (non-hydrogen) atoms. The van der Waals surface area contributed by atoms with Crippen LogP contribution in [0.5, 0.6) is 5.75 Å². The van der Waals surface area contributed by atoms with Crippen LogP contribution in [0.2, 0.25) is 0 Å². The molecule has 1 aromatic rings. The summed E-state index contributed by atoms with van der Waals surface area (Å²) in [4.78, 5) is 11.3. The summed E-state index contributed by atoms with van der Waals surface area (Å²) in [5.41, 5.74) is 8.62. The predicted octanol–water partition coefficient (Wildman–Crippen LogP) is 2.76. The number of methoxy groups -OCH3 is 1. The maximum atomic E-state index is 11.3. The highest BCUT2D eigenvalue weighted by atomic mass is 16.5. The smallest absolute Gasteiger partial charge is 0.132 e.